The van der Waals surface area contributed by atoms with Crippen LogP contribution >= 0.6 is 0 Å². The molecule has 2 aromatic carbocycles. The standard InChI is InChI=1S/C35H36F2N4O4/c36-28-17-25(34(43)24-5-6-24)7-8-26(28)20-44-33-4-1-3-29(39-33)23-11-15-40(16-12-23)19-32-38-30-10-9-27(45-22-42)18-31(30)41(32)21-35(37)13-2-14-35/h1,3-4,7-10,17-18,22-24H,2,5-6,11-16,19-21H2. The third kappa shape index (κ3) is 6.47. The van der Waals surface area contributed by atoms with Crippen LogP contribution < -0.4 is 9.47 Å². The van der Waals surface area contributed by atoms with E-state index in [9.17, 15) is 14.0 Å². The number of ether oxygens (including phenoxy) is 2. The van der Waals surface area contributed by atoms with Crippen molar-refractivity contribution in [1.82, 2.24) is 19.4 Å². The number of ketones is 1. The van der Waals surface area contributed by atoms with Crippen molar-refractivity contribution in [3.8, 4) is 11.6 Å². The van der Waals surface area contributed by atoms with Crippen molar-refractivity contribution in [2.45, 2.75) is 76.2 Å². The summed E-state index contributed by atoms with van der Waals surface area (Å²) in [5, 5.41) is 0. The number of carbonyl (C=O) groups is 2. The predicted molar refractivity (Wildman–Crippen MR) is 163 cm³/mol. The predicted octanol–water partition coefficient (Wildman–Crippen LogP) is 6.55. The Bertz CT molecular complexity index is 1720. The van der Waals surface area contributed by atoms with Gasteiger partial charge in [0.1, 0.15) is 29.7 Å². The number of alkyl halides is 1. The molecule has 0 spiro atoms. The van der Waals surface area contributed by atoms with E-state index in [1.165, 1.54) is 6.07 Å². The van der Waals surface area contributed by atoms with Crippen molar-refractivity contribution >= 4 is 23.3 Å². The molecule has 0 bridgehead atoms. The van der Waals surface area contributed by atoms with Gasteiger partial charge in [0.25, 0.3) is 6.47 Å². The van der Waals surface area contributed by atoms with Gasteiger partial charge < -0.3 is 14.0 Å². The second-order valence-corrected chi connectivity index (χ2v) is 12.7. The molecular weight excluding hydrogens is 578 g/mol. The fourth-order valence-electron chi connectivity index (χ4n) is 6.46. The third-order valence-electron chi connectivity index (χ3n) is 9.45. The maximum Gasteiger partial charge on any atom is 0.298 e. The molecular formula is C35H36F2N4O4. The third-order valence-corrected chi connectivity index (χ3v) is 9.45. The van der Waals surface area contributed by atoms with Crippen LogP contribution in [-0.4, -0.2) is 50.4 Å². The first-order valence-electron chi connectivity index (χ1n) is 15.8. The second-order valence-electron chi connectivity index (χ2n) is 12.7. The molecule has 3 heterocycles. The zero-order valence-corrected chi connectivity index (χ0v) is 25.1. The van der Waals surface area contributed by atoms with E-state index in [1.807, 2.05) is 22.8 Å². The van der Waals surface area contributed by atoms with Crippen LogP contribution in [-0.2, 0) is 24.5 Å². The van der Waals surface area contributed by atoms with Crippen molar-refractivity contribution < 1.29 is 27.8 Å². The number of pyridine rings is 1. The van der Waals surface area contributed by atoms with Gasteiger partial charge in [-0.25, -0.2) is 18.7 Å². The number of halogens is 2. The van der Waals surface area contributed by atoms with Crippen LogP contribution in [0.15, 0.2) is 54.6 Å². The molecule has 7 rings (SSSR count). The summed E-state index contributed by atoms with van der Waals surface area (Å²) in [6.07, 6.45) is 5.53. The summed E-state index contributed by atoms with van der Waals surface area (Å²) >= 11 is 0. The minimum atomic E-state index is -1.24. The zero-order valence-electron chi connectivity index (χ0n) is 25.1. The number of likely N-dealkylation sites (tertiary alicyclic amines) is 1. The number of aromatic nitrogens is 3. The van der Waals surface area contributed by atoms with Gasteiger partial charge in [0.15, 0.2) is 5.78 Å². The van der Waals surface area contributed by atoms with Crippen LogP contribution in [0.2, 0.25) is 0 Å². The Morgan fingerprint density at radius 2 is 1.84 bits per heavy atom. The highest BCUT2D eigenvalue weighted by atomic mass is 19.1. The number of piperidine rings is 1. The molecule has 2 saturated carbocycles. The molecule has 0 amide bonds. The summed E-state index contributed by atoms with van der Waals surface area (Å²) in [6, 6.07) is 15.6. The number of nitrogens with zero attached hydrogens (tertiary/aromatic N) is 4. The molecule has 0 radical (unpaired) electrons. The highest BCUT2D eigenvalue weighted by Crippen LogP contribution is 2.39. The van der Waals surface area contributed by atoms with E-state index in [0.29, 0.717) is 48.6 Å². The molecule has 8 nitrogen and oxygen atoms in total. The van der Waals surface area contributed by atoms with E-state index < -0.39 is 11.5 Å². The van der Waals surface area contributed by atoms with Gasteiger partial charge >= 0.3 is 0 Å². The molecule has 4 aromatic rings. The number of Topliss-reactive ketones (excluding diaryl/α,β-unsaturated/α-hetero) is 1. The van der Waals surface area contributed by atoms with Crippen molar-refractivity contribution in [2.24, 2.45) is 5.92 Å². The molecule has 0 unspecified atom stereocenters. The second kappa shape index (κ2) is 12.3. The number of benzene rings is 2. The van der Waals surface area contributed by atoms with Gasteiger partial charge in [0, 0.05) is 40.8 Å². The summed E-state index contributed by atoms with van der Waals surface area (Å²) in [5.41, 5.74) is 2.04. The number of hydrogen-bond donors (Lipinski definition) is 0. The maximum absolute atomic E-state index is 15.3. The average Bonchev–Trinajstić information content (AvgIpc) is 3.84. The normalized spacial score (nSPS) is 18.4. The van der Waals surface area contributed by atoms with Crippen LogP contribution in [0.1, 0.15) is 78.3 Å². The Kier molecular flexibility index (Phi) is 8.08. The Balaban J connectivity index is 0.984. The molecule has 1 aliphatic heterocycles. The zero-order chi connectivity index (χ0) is 31.0. The monoisotopic (exact) mass is 614 g/mol. The SMILES string of the molecule is O=COc1ccc2nc(CN3CCC(c4cccc(OCc5ccc(C(=O)C6CC6)cc5F)n4)CC3)n(CC3(F)CCC3)c2c1. The Morgan fingerprint density at radius 1 is 1.02 bits per heavy atom. The fraction of sp³-hybridized carbons (Fsp3) is 0.429. The molecule has 234 valence electrons. The summed E-state index contributed by atoms with van der Waals surface area (Å²) < 4.78 is 42.9. The number of rotatable bonds is 12. The van der Waals surface area contributed by atoms with E-state index in [-0.39, 0.29) is 30.8 Å². The van der Waals surface area contributed by atoms with E-state index in [0.717, 1.165) is 67.7 Å². The molecule has 0 N–H and O–H groups in total. The lowest BCUT2D eigenvalue weighted by atomic mass is 9.82. The number of carbonyl (C=O) groups excluding carboxylic acids is 2. The molecule has 1 saturated heterocycles. The lowest BCUT2D eigenvalue weighted by Crippen LogP contribution is -2.38. The topological polar surface area (TPSA) is 86.5 Å². The summed E-state index contributed by atoms with van der Waals surface area (Å²) in [5.74, 6) is 1.53. The summed E-state index contributed by atoms with van der Waals surface area (Å²) in [4.78, 5) is 35.1. The van der Waals surface area contributed by atoms with Gasteiger partial charge in [-0.2, -0.15) is 0 Å². The van der Waals surface area contributed by atoms with Crippen molar-refractivity contribution in [2.75, 3.05) is 13.1 Å². The minimum Gasteiger partial charge on any atom is -0.473 e. The number of hydrogen-bond acceptors (Lipinski definition) is 7. The van der Waals surface area contributed by atoms with Crippen molar-refractivity contribution in [3.05, 3.63) is 83.1 Å². The van der Waals surface area contributed by atoms with Gasteiger partial charge in [-0.05, 0) is 82.3 Å². The van der Waals surface area contributed by atoms with E-state index in [2.05, 4.69) is 4.90 Å². The first kappa shape index (κ1) is 29.5. The van der Waals surface area contributed by atoms with Crippen LogP contribution in [0.4, 0.5) is 8.78 Å². The highest BCUT2D eigenvalue weighted by Gasteiger charge is 2.38. The van der Waals surface area contributed by atoms with Crippen LogP contribution in [0.3, 0.4) is 0 Å². The molecule has 2 aliphatic carbocycles. The van der Waals surface area contributed by atoms with Gasteiger partial charge in [0.2, 0.25) is 5.88 Å². The van der Waals surface area contributed by atoms with E-state index in [1.54, 1.807) is 30.3 Å². The Labute approximate surface area is 260 Å². The molecule has 3 fully saturated rings. The average molecular weight is 615 g/mol. The molecule has 10 heteroatoms. The van der Waals surface area contributed by atoms with E-state index >= 15 is 4.39 Å². The number of imidazole rings is 1. The molecule has 0 atom stereocenters. The van der Waals surface area contributed by atoms with Gasteiger partial charge in [-0.15, -0.1) is 0 Å². The smallest absolute Gasteiger partial charge is 0.298 e. The van der Waals surface area contributed by atoms with Crippen LogP contribution in [0.25, 0.3) is 11.0 Å². The molecule has 45 heavy (non-hydrogen) atoms. The first-order chi connectivity index (χ1) is 21.9. The highest BCUT2D eigenvalue weighted by molar-refractivity contribution is 5.99. The van der Waals surface area contributed by atoms with Gasteiger partial charge in [-0.1, -0.05) is 18.2 Å². The summed E-state index contributed by atoms with van der Waals surface area (Å²) in [7, 11) is 0. The van der Waals surface area contributed by atoms with Crippen LogP contribution in [0, 0.1) is 11.7 Å². The van der Waals surface area contributed by atoms with Crippen molar-refractivity contribution in [3.63, 3.8) is 0 Å². The minimum absolute atomic E-state index is 0.0158. The van der Waals surface area contributed by atoms with Gasteiger partial charge in [-0.3, -0.25) is 14.5 Å². The van der Waals surface area contributed by atoms with Crippen LogP contribution in [0.5, 0.6) is 11.6 Å². The van der Waals surface area contributed by atoms with Crippen molar-refractivity contribution in [1.29, 1.82) is 0 Å². The Morgan fingerprint density at radius 3 is 2.56 bits per heavy atom. The maximum atomic E-state index is 15.3. The largest absolute Gasteiger partial charge is 0.473 e. The summed E-state index contributed by atoms with van der Waals surface area (Å²) in [6.45, 7) is 2.92. The Hall–Kier alpha value is -4.18. The lowest BCUT2D eigenvalue weighted by Gasteiger charge is -2.35. The fourth-order valence-corrected chi connectivity index (χ4v) is 6.46. The lowest BCUT2D eigenvalue weighted by molar-refractivity contribution is -0.120. The number of fused-ring (bicyclic) bond motifs is 1. The van der Waals surface area contributed by atoms with Gasteiger partial charge in [0.05, 0.1) is 24.1 Å². The first-order valence-corrected chi connectivity index (χ1v) is 15.8. The molecule has 3 aliphatic rings. The van der Waals surface area contributed by atoms with E-state index in [4.69, 9.17) is 19.4 Å². The molecule has 2 aromatic heterocycles. The quantitative estimate of drug-likeness (QED) is 0.132.